The van der Waals surface area contributed by atoms with Gasteiger partial charge >= 0.3 is 0 Å². The van der Waals surface area contributed by atoms with Crippen molar-refractivity contribution in [3.8, 4) is 5.88 Å². The SMILES string of the molecule is CCCCc1nc2c(N)nnc(OC(C)C)c2n1CC1CCC(CNC(=O)CCOCCOCCOCCOCCOCCOCCOCCOCCOCCOCCOCCOCCOCCOCCOCCOCCOCCOCCOCCOCCOCCOCCOCCOCCN=[N+]=[N-])CC1. The molecule has 1 aliphatic carbocycles. The van der Waals surface area contributed by atoms with Gasteiger partial charge in [-0.25, -0.2) is 4.98 Å². The summed E-state index contributed by atoms with van der Waals surface area (Å²) in [7, 11) is 0. The Balaban J connectivity index is 0.881. The molecule has 0 bridgehead atoms. The van der Waals surface area contributed by atoms with E-state index in [4.69, 9.17) is 135 Å². The van der Waals surface area contributed by atoms with Gasteiger partial charge in [0.05, 0.1) is 323 Å². The molecular formula is C71H133N9O26. The fourth-order valence-corrected chi connectivity index (χ4v) is 9.81. The third-order valence-electron chi connectivity index (χ3n) is 15.3. The molecule has 0 radical (unpaired) electrons. The Bertz CT molecular complexity index is 2290. The molecule has 35 heteroatoms. The van der Waals surface area contributed by atoms with Crippen molar-refractivity contribution in [1.82, 2.24) is 25.1 Å². The monoisotopic (exact) mass is 1530 g/mol. The van der Waals surface area contributed by atoms with Crippen molar-refractivity contribution in [3.63, 3.8) is 0 Å². The number of fused-ring (bicyclic) bond motifs is 1. The fraction of sp³-hybridized carbons (Fsp3) is 0.915. The third-order valence-corrected chi connectivity index (χ3v) is 15.3. The number of rotatable bonds is 84. The van der Waals surface area contributed by atoms with Gasteiger partial charge in [0.2, 0.25) is 5.91 Å². The minimum absolute atomic E-state index is 0.00752. The van der Waals surface area contributed by atoms with Crippen molar-refractivity contribution in [2.75, 3.05) is 336 Å². The van der Waals surface area contributed by atoms with Crippen molar-refractivity contribution < 1.29 is 123 Å². The van der Waals surface area contributed by atoms with E-state index in [1.807, 2.05) is 13.8 Å². The Labute approximate surface area is 628 Å². The molecule has 35 nitrogen and oxygen atoms in total. The first kappa shape index (κ1) is 96.2. The number of imidazole rings is 1. The highest BCUT2D eigenvalue weighted by atomic mass is 16.6. The zero-order chi connectivity index (χ0) is 75.4. The van der Waals surface area contributed by atoms with Crippen LogP contribution >= 0.6 is 0 Å². The number of nitrogen functional groups attached to an aromatic ring is 1. The van der Waals surface area contributed by atoms with Crippen molar-refractivity contribution in [3.05, 3.63) is 16.3 Å². The lowest BCUT2D eigenvalue weighted by Gasteiger charge is -2.29. The highest BCUT2D eigenvalue weighted by molar-refractivity contribution is 5.88. The molecule has 0 aliphatic heterocycles. The van der Waals surface area contributed by atoms with Gasteiger partial charge in [-0.05, 0) is 63.3 Å². The molecule has 1 amide bonds. The second-order valence-corrected chi connectivity index (χ2v) is 24.1. The molecule has 0 atom stereocenters. The Morgan fingerprint density at radius 3 is 0.981 bits per heavy atom. The Morgan fingerprint density at radius 1 is 0.434 bits per heavy atom. The molecule has 618 valence electrons. The van der Waals surface area contributed by atoms with Gasteiger partial charge in [0.25, 0.3) is 5.88 Å². The van der Waals surface area contributed by atoms with Gasteiger partial charge in [-0.3, -0.25) is 4.79 Å². The standard InChI is InChI=1S/C71H133N9O26/c1-4-5-6-66-76-68-69(71(106-63(2)3)78-77-70(68)72)80(66)62-65-9-7-64(8-10-65)61-74-67(81)11-13-82-15-17-84-19-21-86-23-25-88-27-29-90-31-33-92-35-37-94-39-41-96-43-45-98-47-49-100-51-53-102-55-57-104-59-60-105-58-56-103-54-52-101-50-48-99-46-44-97-42-40-95-38-36-93-34-32-91-30-28-89-26-24-87-22-20-85-18-16-83-14-12-75-79-73/h63-65H,4-62H2,1-3H3,(H2,72,77)(H,74,81). The van der Waals surface area contributed by atoms with E-state index in [1.165, 1.54) is 0 Å². The van der Waals surface area contributed by atoms with Gasteiger partial charge in [-0.15, -0.1) is 10.2 Å². The molecule has 0 aromatic carbocycles. The molecule has 2 aromatic heterocycles. The first-order chi connectivity index (χ1) is 52.4. The summed E-state index contributed by atoms with van der Waals surface area (Å²) >= 11 is 0. The number of azide groups is 1. The summed E-state index contributed by atoms with van der Waals surface area (Å²) in [5.74, 6) is 2.78. The zero-order valence-electron chi connectivity index (χ0n) is 64.3. The number of anilines is 1. The van der Waals surface area contributed by atoms with Crippen LogP contribution in [0.25, 0.3) is 21.5 Å². The predicted molar refractivity (Wildman–Crippen MR) is 391 cm³/mol. The number of hydrogen-bond acceptors (Lipinski definition) is 31. The molecule has 1 saturated carbocycles. The molecule has 1 aliphatic rings. The molecule has 0 unspecified atom stereocenters. The van der Waals surface area contributed by atoms with E-state index in [9.17, 15) is 4.79 Å². The van der Waals surface area contributed by atoms with E-state index in [0.29, 0.717) is 366 Å². The molecule has 2 aromatic rings. The lowest BCUT2D eigenvalue weighted by molar-refractivity contribution is -0.122. The van der Waals surface area contributed by atoms with Crippen LogP contribution in [-0.2, 0) is 131 Å². The van der Waals surface area contributed by atoms with E-state index in [2.05, 4.69) is 37.0 Å². The second kappa shape index (κ2) is 75.0. The van der Waals surface area contributed by atoms with Crippen molar-refractivity contribution in [2.45, 2.75) is 84.8 Å². The van der Waals surface area contributed by atoms with Gasteiger partial charge in [-0.1, -0.05) is 18.5 Å². The number of unbranched alkanes of at least 4 members (excludes halogenated alkanes) is 1. The van der Waals surface area contributed by atoms with E-state index >= 15 is 0 Å². The lowest BCUT2D eigenvalue weighted by atomic mass is 9.82. The number of amides is 1. The number of carbonyl (C=O) groups excluding carboxylic acids is 1. The first-order valence-electron chi connectivity index (χ1n) is 38.2. The number of nitrogens with two attached hydrogens (primary N) is 1. The number of carbonyl (C=O) groups is 1. The summed E-state index contributed by atoms with van der Waals surface area (Å²) in [5, 5.41) is 14.9. The topological polar surface area (TPSA) is 378 Å². The Hall–Kier alpha value is -4.03. The molecule has 0 saturated heterocycles. The van der Waals surface area contributed by atoms with E-state index < -0.39 is 0 Å². The maximum Gasteiger partial charge on any atom is 0.260 e. The van der Waals surface area contributed by atoms with Crippen LogP contribution in [0.1, 0.15) is 71.5 Å². The van der Waals surface area contributed by atoms with Crippen molar-refractivity contribution >= 4 is 22.8 Å². The van der Waals surface area contributed by atoms with Crippen LogP contribution in [0, 0.1) is 11.8 Å². The smallest absolute Gasteiger partial charge is 0.260 e. The van der Waals surface area contributed by atoms with Crippen LogP contribution in [-0.4, -0.2) is 362 Å². The van der Waals surface area contributed by atoms with E-state index in [1.54, 1.807) is 0 Å². The summed E-state index contributed by atoms with van der Waals surface area (Å²) in [6.07, 6.45) is 7.51. The highest BCUT2D eigenvalue weighted by Crippen LogP contribution is 2.34. The van der Waals surface area contributed by atoms with Crippen molar-refractivity contribution in [2.24, 2.45) is 17.0 Å². The van der Waals surface area contributed by atoms with Crippen LogP contribution in [0.4, 0.5) is 5.82 Å². The first-order valence-corrected chi connectivity index (χ1v) is 38.2. The summed E-state index contributed by atoms with van der Waals surface area (Å²) in [6.45, 7) is 30.4. The lowest BCUT2D eigenvalue weighted by Crippen LogP contribution is -2.32. The number of ether oxygens (including phenoxy) is 25. The third kappa shape index (κ3) is 58.9. The van der Waals surface area contributed by atoms with Crippen molar-refractivity contribution in [1.29, 1.82) is 0 Å². The van der Waals surface area contributed by atoms with Gasteiger partial charge < -0.3 is 134 Å². The minimum Gasteiger partial charge on any atom is -0.472 e. The van der Waals surface area contributed by atoms with Gasteiger partial charge in [-0.2, -0.15) is 0 Å². The average Bonchev–Trinajstić information content (AvgIpc) is 1.62. The molecular weight excluding hydrogens is 1390 g/mol. The maximum atomic E-state index is 12.6. The number of hydrogen-bond donors (Lipinski definition) is 2. The van der Waals surface area contributed by atoms with Crippen LogP contribution in [0.5, 0.6) is 5.88 Å². The maximum absolute atomic E-state index is 12.6. The summed E-state index contributed by atoms with van der Waals surface area (Å²) in [4.78, 5) is 20.1. The Morgan fingerprint density at radius 2 is 0.708 bits per heavy atom. The average molecular weight is 1530 g/mol. The molecule has 106 heavy (non-hydrogen) atoms. The normalized spacial score (nSPS) is 14.0. The quantitative estimate of drug-likeness (QED) is 0.0396. The van der Waals surface area contributed by atoms with Gasteiger partial charge in [0.1, 0.15) is 16.9 Å². The molecule has 3 N–H and O–H groups in total. The molecule has 0 spiro atoms. The summed E-state index contributed by atoms with van der Waals surface area (Å²) in [5.41, 5.74) is 15.9. The number of aryl methyl sites for hydroxylation is 1. The van der Waals surface area contributed by atoms with Crippen LogP contribution in [0.3, 0.4) is 0 Å². The van der Waals surface area contributed by atoms with E-state index in [0.717, 1.165) is 62.8 Å². The summed E-state index contributed by atoms with van der Waals surface area (Å²) < 4.78 is 141. The summed E-state index contributed by atoms with van der Waals surface area (Å²) in [6, 6.07) is 0. The number of nitrogens with zero attached hydrogens (tertiary/aromatic N) is 7. The second-order valence-electron chi connectivity index (χ2n) is 24.1. The van der Waals surface area contributed by atoms with Gasteiger partial charge in [0, 0.05) is 37.4 Å². The molecule has 3 rings (SSSR count). The zero-order valence-corrected chi connectivity index (χ0v) is 64.3. The molecule has 1 fully saturated rings. The predicted octanol–water partition coefficient (Wildman–Crippen LogP) is 4.56. The fourth-order valence-electron chi connectivity index (χ4n) is 9.81. The number of nitrogens with one attached hydrogen (secondary N) is 1. The highest BCUT2D eigenvalue weighted by Gasteiger charge is 2.26. The minimum atomic E-state index is -0.0482. The Kier molecular flexibility index (Phi) is 68.1. The molecule has 2 heterocycles. The van der Waals surface area contributed by atoms with Crippen LogP contribution < -0.4 is 15.8 Å². The van der Waals surface area contributed by atoms with Gasteiger partial charge in [0.15, 0.2) is 5.82 Å². The van der Waals surface area contributed by atoms with E-state index in [-0.39, 0.29) is 12.0 Å². The van der Waals surface area contributed by atoms with Crippen LogP contribution in [0.15, 0.2) is 5.11 Å². The largest absolute Gasteiger partial charge is 0.472 e. The van der Waals surface area contributed by atoms with Crippen LogP contribution in [0.2, 0.25) is 0 Å². The number of aromatic nitrogens is 4.